The van der Waals surface area contributed by atoms with Crippen molar-refractivity contribution in [3.05, 3.63) is 27.7 Å². The lowest BCUT2D eigenvalue weighted by Gasteiger charge is -2.07. The zero-order valence-corrected chi connectivity index (χ0v) is 9.03. The molecule has 0 saturated heterocycles. The number of rotatable bonds is 3. The molecule has 0 spiro atoms. The van der Waals surface area contributed by atoms with Crippen molar-refractivity contribution in [2.75, 3.05) is 5.73 Å². The number of hydrogen-bond donors (Lipinski definition) is 1. The number of hydrogen-bond acceptors (Lipinski definition) is 4. The molecule has 0 atom stereocenters. The number of unbranched alkanes of at least 4 members (excludes halogenated alkanes) is 1. The van der Waals surface area contributed by atoms with Gasteiger partial charge in [-0.2, -0.15) is 10.5 Å². The van der Waals surface area contributed by atoms with Gasteiger partial charge in [0, 0.05) is 12.7 Å². The fourth-order valence-corrected chi connectivity index (χ4v) is 1.37. The molecule has 0 aliphatic carbocycles. The second-order valence-electron chi connectivity index (χ2n) is 3.41. The summed E-state index contributed by atoms with van der Waals surface area (Å²) in [6, 6.07) is 3.62. The van der Waals surface area contributed by atoms with Gasteiger partial charge in [0.1, 0.15) is 17.7 Å². The minimum atomic E-state index is -0.424. The Balaban J connectivity index is 3.38. The number of anilines is 1. The van der Waals surface area contributed by atoms with E-state index in [2.05, 4.69) is 0 Å². The van der Waals surface area contributed by atoms with Crippen LogP contribution in [-0.2, 0) is 6.54 Å². The van der Waals surface area contributed by atoms with Crippen LogP contribution in [0.5, 0.6) is 0 Å². The van der Waals surface area contributed by atoms with Gasteiger partial charge < -0.3 is 10.3 Å². The third-order valence-corrected chi connectivity index (χ3v) is 2.30. The Labute approximate surface area is 93.3 Å². The fraction of sp³-hybridized carbons (Fsp3) is 0.364. The molecule has 2 N–H and O–H groups in total. The van der Waals surface area contributed by atoms with Crippen LogP contribution in [0.3, 0.4) is 0 Å². The first kappa shape index (κ1) is 11.8. The number of aromatic nitrogens is 1. The molecule has 0 aliphatic heterocycles. The van der Waals surface area contributed by atoms with Crippen LogP contribution in [-0.4, -0.2) is 4.57 Å². The Morgan fingerprint density at radius 1 is 1.44 bits per heavy atom. The first-order valence-corrected chi connectivity index (χ1v) is 4.98. The van der Waals surface area contributed by atoms with Crippen molar-refractivity contribution in [1.29, 1.82) is 10.5 Å². The van der Waals surface area contributed by atoms with E-state index in [1.807, 2.05) is 13.0 Å². The van der Waals surface area contributed by atoms with Crippen molar-refractivity contribution in [1.82, 2.24) is 4.57 Å². The fourth-order valence-electron chi connectivity index (χ4n) is 1.37. The number of pyridine rings is 1. The summed E-state index contributed by atoms with van der Waals surface area (Å²) in [5.74, 6) is 0. The molecule has 0 saturated carbocycles. The zero-order valence-electron chi connectivity index (χ0n) is 9.03. The molecule has 5 heteroatoms. The van der Waals surface area contributed by atoms with E-state index in [1.54, 1.807) is 6.07 Å². The van der Waals surface area contributed by atoms with E-state index in [9.17, 15) is 4.79 Å². The van der Waals surface area contributed by atoms with Gasteiger partial charge in [-0.3, -0.25) is 4.79 Å². The van der Waals surface area contributed by atoms with E-state index in [1.165, 1.54) is 10.8 Å². The van der Waals surface area contributed by atoms with E-state index < -0.39 is 5.56 Å². The van der Waals surface area contributed by atoms with Gasteiger partial charge in [0.05, 0.1) is 11.3 Å². The second kappa shape index (κ2) is 4.99. The second-order valence-corrected chi connectivity index (χ2v) is 3.41. The molecular formula is C11H12N4O. The van der Waals surface area contributed by atoms with Gasteiger partial charge in [0.25, 0.3) is 5.56 Å². The van der Waals surface area contributed by atoms with Crippen molar-refractivity contribution < 1.29 is 0 Å². The van der Waals surface area contributed by atoms with Crippen molar-refractivity contribution in [2.45, 2.75) is 26.3 Å². The van der Waals surface area contributed by atoms with Crippen molar-refractivity contribution >= 4 is 5.69 Å². The molecule has 1 rings (SSSR count). The maximum Gasteiger partial charge on any atom is 0.270 e. The molecule has 16 heavy (non-hydrogen) atoms. The predicted molar refractivity (Wildman–Crippen MR) is 59.5 cm³/mol. The van der Waals surface area contributed by atoms with Gasteiger partial charge in [0.2, 0.25) is 0 Å². The van der Waals surface area contributed by atoms with Crippen LogP contribution in [0, 0.1) is 22.7 Å². The van der Waals surface area contributed by atoms with E-state index in [0.29, 0.717) is 6.54 Å². The lowest BCUT2D eigenvalue weighted by atomic mass is 10.1. The molecule has 0 aromatic carbocycles. The Kier molecular flexibility index (Phi) is 3.68. The molecule has 1 heterocycles. The Bertz CT molecular complexity index is 531. The monoisotopic (exact) mass is 216 g/mol. The maximum atomic E-state index is 11.7. The normalized spacial score (nSPS) is 9.44. The smallest absolute Gasteiger partial charge is 0.270 e. The summed E-state index contributed by atoms with van der Waals surface area (Å²) < 4.78 is 1.37. The highest BCUT2D eigenvalue weighted by atomic mass is 16.1. The highest BCUT2D eigenvalue weighted by molar-refractivity contribution is 5.62. The highest BCUT2D eigenvalue weighted by Crippen LogP contribution is 2.12. The SMILES string of the molecule is CCCCn1cc(C#N)c(N)c(C#N)c1=O. The first-order chi connectivity index (χ1) is 7.65. The lowest BCUT2D eigenvalue weighted by Crippen LogP contribution is -2.24. The Hall–Kier alpha value is -2.27. The van der Waals surface area contributed by atoms with Crippen LogP contribution >= 0.6 is 0 Å². The molecule has 82 valence electrons. The average molecular weight is 216 g/mol. The van der Waals surface area contributed by atoms with Crippen LogP contribution in [0.1, 0.15) is 30.9 Å². The van der Waals surface area contributed by atoms with Gasteiger partial charge in [-0.25, -0.2) is 0 Å². The quantitative estimate of drug-likeness (QED) is 0.814. The summed E-state index contributed by atoms with van der Waals surface area (Å²) in [4.78, 5) is 11.7. The molecule has 0 aliphatic rings. The maximum absolute atomic E-state index is 11.7. The lowest BCUT2D eigenvalue weighted by molar-refractivity contribution is 0.612. The summed E-state index contributed by atoms with van der Waals surface area (Å²) in [7, 11) is 0. The molecule has 5 nitrogen and oxygen atoms in total. The van der Waals surface area contributed by atoms with Crippen LogP contribution in [0.15, 0.2) is 11.0 Å². The molecular weight excluding hydrogens is 204 g/mol. The van der Waals surface area contributed by atoms with Crippen LogP contribution in [0.4, 0.5) is 5.69 Å². The number of nitrogens with zero attached hydrogens (tertiary/aromatic N) is 3. The number of nitriles is 2. The van der Waals surface area contributed by atoms with Crippen LogP contribution < -0.4 is 11.3 Å². The number of nitrogen functional groups attached to an aromatic ring is 1. The van der Waals surface area contributed by atoms with Crippen molar-refractivity contribution in [3.63, 3.8) is 0 Å². The van der Waals surface area contributed by atoms with Crippen LogP contribution in [0.2, 0.25) is 0 Å². The first-order valence-electron chi connectivity index (χ1n) is 4.98. The highest BCUT2D eigenvalue weighted by Gasteiger charge is 2.12. The van der Waals surface area contributed by atoms with E-state index in [0.717, 1.165) is 12.8 Å². The van der Waals surface area contributed by atoms with Gasteiger partial charge >= 0.3 is 0 Å². The molecule has 0 amide bonds. The summed E-state index contributed by atoms with van der Waals surface area (Å²) in [6.45, 7) is 2.50. The molecule has 0 radical (unpaired) electrons. The molecule has 0 fully saturated rings. The number of nitrogens with two attached hydrogens (primary N) is 1. The number of aryl methyl sites for hydroxylation is 1. The summed E-state index contributed by atoms with van der Waals surface area (Å²) in [5, 5.41) is 17.6. The minimum Gasteiger partial charge on any atom is -0.396 e. The molecule has 0 unspecified atom stereocenters. The molecule has 0 bridgehead atoms. The van der Waals surface area contributed by atoms with Crippen molar-refractivity contribution in [2.24, 2.45) is 0 Å². The largest absolute Gasteiger partial charge is 0.396 e. The predicted octanol–water partition coefficient (Wildman–Crippen LogP) is 0.974. The summed E-state index contributed by atoms with van der Waals surface area (Å²) in [6.07, 6.45) is 3.16. The topological polar surface area (TPSA) is 95.6 Å². The third kappa shape index (κ3) is 2.04. The average Bonchev–Trinajstić information content (AvgIpc) is 2.29. The minimum absolute atomic E-state index is 0.0252. The van der Waals surface area contributed by atoms with Crippen LogP contribution in [0.25, 0.3) is 0 Å². The van der Waals surface area contributed by atoms with Gasteiger partial charge in [-0.15, -0.1) is 0 Å². The van der Waals surface area contributed by atoms with Gasteiger partial charge in [-0.05, 0) is 6.42 Å². The zero-order chi connectivity index (χ0) is 12.1. The Morgan fingerprint density at radius 2 is 2.12 bits per heavy atom. The van der Waals surface area contributed by atoms with Crippen molar-refractivity contribution in [3.8, 4) is 12.1 Å². The van der Waals surface area contributed by atoms with E-state index >= 15 is 0 Å². The van der Waals surface area contributed by atoms with Gasteiger partial charge in [-0.1, -0.05) is 13.3 Å². The third-order valence-electron chi connectivity index (χ3n) is 2.30. The Morgan fingerprint density at radius 3 is 2.62 bits per heavy atom. The molecule has 1 aromatic heterocycles. The van der Waals surface area contributed by atoms with Gasteiger partial charge in [0.15, 0.2) is 0 Å². The summed E-state index contributed by atoms with van der Waals surface area (Å²) >= 11 is 0. The summed E-state index contributed by atoms with van der Waals surface area (Å²) in [5.41, 5.74) is 5.13. The van der Waals surface area contributed by atoms with E-state index in [4.69, 9.17) is 16.3 Å². The van der Waals surface area contributed by atoms with E-state index in [-0.39, 0.29) is 16.8 Å². The standard InChI is InChI=1S/C11H12N4O/c1-2-3-4-15-7-8(5-12)10(14)9(6-13)11(15)16/h7H,2-4,14H2,1H3. The molecule has 1 aromatic rings.